The zero-order valence-electron chi connectivity index (χ0n) is 9.06. The molecule has 1 aliphatic heterocycles. The second-order valence-corrected chi connectivity index (χ2v) is 4.25. The first-order valence-electron chi connectivity index (χ1n) is 5.53. The zero-order chi connectivity index (χ0) is 11.5. The lowest BCUT2D eigenvalue weighted by molar-refractivity contribution is 0.331. The Kier molecular flexibility index (Phi) is 3.58. The average molecular weight is 223 g/mol. The maximum atomic E-state index is 13.2. The van der Waals surface area contributed by atoms with Gasteiger partial charge in [0, 0.05) is 6.54 Å². The van der Waals surface area contributed by atoms with Crippen LogP contribution in [0.25, 0.3) is 0 Å². The van der Waals surface area contributed by atoms with Crippen LogP contribution in [0.5, 0.6) is 0 Å². The van der Waals surface area contributed by atoms with Crippen molar-refractivity contribution in [2.45, 2.75) is 19.4 Å². The molecule has 1 heterocycles. The molecule has 2 N–H and O–H groups in total. The maximum absolute atomic E-state index is 13.2. The van der Waals surface area contributed by atoms with E-state index in [1.165, 1.54) is 18.9 Å². The Bertz CT molecular complexity index is 367. The lowest BCUT2D eigenvalue weighted by atomic mass is 9.79. The lowest BCUT2D eigenvalue weighted by Gasteiger charge is -2.15. The van der Waals surface area contributed by atoms with Gasteiger partial charge >= 0.3 is 7.12 Å². The molecule has 0 saturated carbocycles. The second-order valence-electron chi connectivity index (χ2n) is 4.25. The fourth-order valence-corrected chi connectivity index (χ4v) is 2.11. The molecule has 0 aliphatic carbocycles. The molecule has 1 aliphatic rings. The predicted molar refractivity (Wildman–Crippen MR) is 60.7 cm³/mol. The molecule has 1 fully saturated rings. The Labute approximate surface area is 94.7 Å². The molecule has 5 heteroatoms. The highest BCUT2D eigenvalue weighted by molar-refractivity contribution is 6.58. The minimum Gasteiger partial charge on any atom is -0.423 e. The van der Waals surface area contributed by atoms with Crippen LogP contribution < -0.4 is 5.46 Å². The van der Waals surface area contributed by atoms with Crippen molar-refractivity contribution in [1.29, 1.82) is 0 Å². The van der Waals surface area contributed by atoms with Crippen LogP contribution in [-0.2, 0) is 6.54 Å². The van der Waals surface area contributed by atoms with E-state index in [0.717, 1.165) is 24.7 Å². The van der Waals surface area contributed by atoms with E-state index in [1.54, 1.807) is 6.07 Å². The summed E-state index contributed by atoms with van der Waals surface area (Å²) in [5.41, 5.74) is 1.01. The highest BCUT2D eigenvalue weighted by Crippen LogP contribution is 2.12. The monoisotopic (exact) mass is 223 g/mol. The topological polar surface area (TPSA) is 43.7 Å². The zero-order valence-corrected chi connectivity index (χ0v) is 9.06. The molecule has 16 heavy (non-hydrogen) atoms. The van der Waals surface area contributed by atoms with Gasteiger partial charge in [-0.15, -0.1) is 0 Å². The Hall–Kier alpha value is -0.905. The summed E-state index contributed by atoms with van der Waals surface area (Å²) in [6, 6.07) is 4.24. The molecule has 1 saturated heterocycles. The fourth-order valence-electron chi connectivity index (χ4n) is 2.11. The molecule has 0 aromatic heterocycles. The van der Waals surface area contributed by atoms with Crippen LogP contribution in [0.4, 0.5) is 4.39 Å². The van der Waals surface area contributed by atoms with Gasteiger partial charge in [0.25, 0.3) is 0 Å². The van der Waals surface area contributed by atoms with Crippen molar-refractivity contribution in [2.24, 2.45) is 0 Å². The van der Waals surface area contributed by atoms with Crippen molar-refractivity contribution in [3.8, 4) is 0 Å². The van der Waals surface area contributed by atoms with E-state index in [1.807, 2.05) is 0 Å². The van der Waals surface area contributed by atoms with Crippen molar-refractivity contribution in [2.75, 3.05) is 13.1 Å². The molecular formula is C11H15BFNO2. The number of benzene rings is 1. The number of likely N-dealkylation sites (tertiary alicyclic amines) is 1. The average Bonchev–Trinajstić information content (AvgIpc) is 2.69. The first kappa shape index (κ1) is 11.6. The molecule has 86 valence electrons. The summed E-state index contributed by atoms with van der Waals surface area (Å²) in [7, 11) is -1.60. The van der Waals surface area contributed by atoms with Crippen LogP contribution in [-0.4, -0.2) is 35.2 Å². The van der Waals surface area contributed by atoms with Crippen molar-refractivity contribution in [3.05, 3.63) is 29.6 Å². The van der Waals surface area contributed by atoms with E-state index in [4.69, 9.17) is 10.0 Å². The number of rotatable bonds is 3. The Balaban J connectivity index is 2.13. The minimum absolute atomic E-state index is 0.217. The predicted octanol–water partition coefficient (Wildman–Crippen LogP) is 0.101. The summed E-state index contributed by atoms with van der Waals surface area (Å²) < 4.78 is 13.2. The quantitative estimate of drug-likeness (QED) is 0.714. The summed E-state index contributed by atoms with van der Waals surface area (Å²) in [6.07, 6.45) is 2.37. The van der Waals surface area contributed by atoms with Crippen LogP contribution in [0, 0.1) is 5.82 Å². The number of hydrogen-bond donors (Lipinski definition) is 2. The Morgan fingerprint density at radius 1 is 1.19 bits per heavy atom. The molecule has 0 bridgehead atoms. The van der Waals surface area contributed by atoms with Crippen LogP contribution >= 0.6 is 0 Å². The number of halogens is 1. The normalized spacial score (nSPS) is 16.7. The first-order chi connectivity index (χ1) is 7.65. The third-order valence-corrected chi connectivity index (χ3v) is 2.88. The van der Waals surface area contributed by atoms with Gasteiger partial charge in [-0.1, -0.05) is 6.07 Å². The second kappa shape index (κ2) is 4.95. The molecule has 1 aromatic carbocycles. The van der Waals surface area contributed by atoms with Crippen LogP contribution in [0.15, 0.2) is 18.2 Å². The van der Waals surface area contributed by atoms with Crippen molar-refractivity contribution in [1.82, 2.24) is 4.90 Å². The summed E-state index contributed by atoms with van der Waals surface area (Å²) in [5.74, 6) is -0.417. The van der Waals surface area contributed by atoms with E-state index in [2.05, 4.69) is 4.90 Å². The van der Waals surface area contributed by atoms with Gasteiger partial charge < -0.3 is 10.0 Å². The van der Waals surface area contributed by atoms with Gasteiger partial charge in [-0.3, -0.25) is 4.90 Å². The SMILES string of the molecule is OB(O)c1cc(F)cc(CN2CCCC2)c1. The van der Waals surface area contributed by atoms with Crippen molar-refractivity contribution >= 4 is 12.6 Å². The van der Waals surface area contributed by atoms with E-state index in [-0.39, 0.29) is 5.46 Å². The Morgan fingerprint density at radius 2 is 1.88 bits per heavy atom. The minimum atomic E-state index is -1.60. The molecule has 3 nitrogen and oxygen atoms in total. The standard InChI is InChI=1S/C11H15BFNO2/c13-11-6-9(5-10(7-11)12(15)16)8-14-3-1-2-4-14/h5-7,15-16H,1-4,8H2. The Morgan fingerprint density at radius 3 is 2.50 bits per heavy atom. The highest BCUT2D eigenvalue weighted by atomic mass is 19.1. The van der Waals surface area contributed by atoms with Crippen molar-refractivity contribution < 1.29 is 14.4 Å². The van der Waals surface area contributed by atoms with Crippen LogP contribution in [0.3, 0.4) is 0 Å². The summed E-state index contributed by atoms with van der Waals surface area (Å²) in [4.78, 5) is 2.24. The van der Waals surface area contributed by atoms with Gasteiger partial charge in [-0.05, 0) is 49.1 Å². The molecular weight excluding hydrogens is 208 g/mol. The van der Waals surface area contributed by atoms with E-state index < -0.39 is 12.9 Å². The summed E-state index contributed by atoms with van der Waals surface area (Å²) in [5, 5.41) is 18.0. The molecule has 0 spiro atoms. The molecule has 2 rings (SSSR count). The largest absolute Gasteiger partial charge is 0.488 e. The molecule has 0 unspecified atom stereocenters. The van der Waals surface area contributed by atoms with Gasteiger partial charge in [-0.25, -0.2) is 4.39 Å². The van der Waals surface area contributed by atoms with E-state index in [0.29, 0.717) is 6.54 Å². The van der Waals surface area contributed by atoms with Crippen LogP contribution in [0.1, 0.15) is 18.4 Å². The van der Waals surface area contributed by atoms with Gasteiger partial charge in [0.15, 0.2) is 0 Å². The van der Waals surface area contributed by atoms with Gasteiger partial charge in [0.05, 0.1) is 0 Å². The highest BCUT2D eigenvalue weighted by Gasteiger charge is 2.16. The molecule has 1 aromatic rings. The number of hydrogen-bond acceptors (Lipinski definition) is 3. The molecule has 0 amide bonds. The van der Waals surface area contributed by atoms with Gasteiger partial charge in [0.2, 0.25) is 0 Å². The first-order valence-corrected chi connectivity index (χ1v) is 5.53. The fraction of sp³-hybridized carbons (Fsp3) is 0.455. The van der Waals surface area contributed by atoms with Crippen molar-refractivity contribution in [3.63, 3.8) is 0 Å². The molecule has 0 atom stereocenters. The maximum Gasteiger partial charge on any atom is 0.488 e. The third kappa shape index (κ3) is 2.81. The smallest absolute Gasteiger partial charge is 0.423 e. The summed E-state index contributed by atoms with van der Waals surface area (Å²) in [6.45, 7) is 2.75. The lowest BCUT2D eigenvalue weighted by Crippen LogP contribution is -2.31. The van der Waals surface area contributed by atoms with Crippen LogP contribution in [0.2, 0.25) is 0 Å². The third-order valence-electron chi connectivity index (χ3n) is 2.88. The summed E-state index contributed by atoms with van der Waals surface area (Å²) >= 11 is 0. The van der Waals surface area contributed by atoms with E-state index in [9.17, 15) is 4.39 Å². The number of nitrogens with zero attached hydrogens (tertiary/aromatic N) is 1. The van der Waals surface area contributed by atoms with Gasteiger partial charge in [-0.2, -0.15) is 0 Å². The van der Waals surface area contributed by atoms with E-state index >= 15 is 0 Å². The molecule has 0 radical (unpaired) electrons. The van der Waals surface area contributed by atoms with Gasteiger partial charge in [0.1, 0.15) is 5.82 Å².